The summed E-state index contributed by atoms with van der Waals surface area (Å²) in [4.78, 5) is 34.7. The van der Waals surface area contributed by atoms with Gasteiger partial charge in [-0.1, -0.05) is 77.6 Å². The van der Waals surface area contributed by atoms with Crippen LogP contribution in [0.5, 0.6) is 0 Å². The number of carbonyl (C=O) groups excluding carboxylic acids is 2. The minimum atomic E-state index is -1.87. The Labute approximate surface area is 316 Å². The van der Waals surface area contributed by atoms with E-state index in [0.29, 0.717) is 25.7 Å². The van der Waals surface area contributed by atoms with Crippen molar-refractivity contribution in [2.75, 3.05) is 19.8 Å². The predicted molar refractivity (Wildman–Crippen MR) is 186 cm³/mol. The minimum Gasteiger partial charge on any atom is -0.479 e. The van der Waals surface area contributed by atoms with Gasteiger partial charge in [-0.2, -0.15) is 0 Å². The first kappa shape index (κ1) is 48.1. The van der Waals surface area contributed by atoms with E-state index < -0.39 is 117 Å². The molecule has 0 radical (unpaired) electrons. The molecule has 0 aromatic rings. The molecule has 0 unspecified atom stereocenters. The van der Waals surface area contributed by atoms with E-state index in [-0.39, 0.29) is 13.0 Å². The van der Waals surface area contributed by atoms with E-state index in [0.717, 1.165) is 64.7 Å². The summed E-state index contributed by atoms with van der Waals surface area (Å²) in [7, 11) is 0. The summed E-state index contributed by atoms with van der Waals surface area (Å²) in [5, 5.41) is 91.9. The third-order valence-electron chi connectivity index (χ3n) is 9.50. The molecule has 0 amide bonds. The molecule has 0 aromatic carbocycles. The van der Waals surface area contributed by atoms with Crippen LogP contribution in [-0.4, -0.2) is 163 Å². The van der Waals surface area contributed by atoms with Gasteiger partial charge >= 0.3 is 17.9 Å². The van der Waals surface area contributed by atoms with Gasteiger partial charge in [-0.25, -0.2) is 4.79 Å². The van der Waals surface area contributed by atoms with E-state index >= 15 is 0 Å². The van der Waals surface area contributed by atoms with E-state index in [4.69, 9.17) is 33.5 Å². The highest BCUT2D eigenvalue weighted by molar-refractivity contribution is 5.71. The molecule has 54 heavy (non-hydrogen) atoms. The highest BCUT2D eigenvalue weighted by Crippen LogP contribution is 2.31. The molecule has 2 heterocycles. The molecular formula is C36H64O18. The highest BCUT2D eigenvalue weighted by Gasteiger charge is 2.52. The van der Waals surface area contributed by atoms with Crippen molar-refractivity contribution in [2.24, 2.45) is 0 Å². The normalized spacial score (nSPS) is 30.3. The van der Waals surface area contributed by atoms with Gasteiger partial charge in [-0.3, -0.25) is 9.59 Å². The molecule has 0 aromatic heterocycles. The Hall–Kier alpha value is -2.07. The number of rotatable bonds is 27. The van der Waals surface area contributed by atoms with Gasteiger partial charge in [0.1, 0.15) is 49.3 Å². The number of unbranched alkanes of at least 4 members (excludes halogenated alkanes) is 9. The van der Waals surface area contributed by atoms with Gasteiger partial charge in [-0.05, 0) is 19.3 Å². The topological polar surface area (TPSA) is 289 Å². The van der Waals surface area contributed by atoms with E-state index in [2.05, 4.69) is 0 Å². The van der Waals surface area contributed by atoms with Gasteiger partial charge in [0, 0.05) is 6.92 Å². The van der Waals surface area contributed by atoms with Crippen LogP contribution in [0.15, 0.2) is 0 Å². The van der Waals surface area contributed by atoms with Gasteiger partial charge in [-0.15, -0.1) is 0 Å². The van der Waals surface area contributed by atoms with E-state index in [9.17, 15) is 55.2 Å². The molecule has 18 nitrogen and oxygen atoms in total. The zero-order valence-electron chi connectivity index (χ0n) is 31.4. The fraction of sp³-hybridized carbons (Fsp3) is 0.917. The molecule has 0 bridgehead atoms. The summed E-state index contributed by atoms with van der Waals surface area (Å²) in [5.41, 5.74) is 0. The van der Waals surface area contributed by atoms with Crippen LogP contribution in [0.25, 0.3) is 0 Å². The second-order valence-corrected chi connectivity index (χ2v) is 14.2. The summed E-state index contributed by atoms with van der Waals surface area (Å²) < 4.78 is 33.0. The lowest BCUT2D eigenvalue weighted by Crippen LogP contribution is -2.65. The number of aliphatic carboxylic acids is 1. The Morgan fingerprint density at radius 1 is 0.685 bits per heavy atom. The lowest BCUT2D eigenvalue weighted by Gasteiger charge is -2.46. The molecule has 2 fully saturated rings. The van der Waals surface area contributed by atoms with Crippen molar-refractivity contribution in [3.8, 4) is 0 Å². The number of carbonyl (C=O) groups is 3. The average molecular weight is 785 g/mol. The number of carboxylic acids is 1. The van der Waals surface area contributed by atoms with Crippen LogP contribution >= 0.6 is 0 Å². The lowest BCUT2D eigenvalue weighted by molar-refractivity contribution is -0.360. The van der Waals surface area contributed by atoms with Crippen LogP contribution in [-0.2, 0) is 42.8 Å². The van der Waals surface area contributed by atoms with Crippen molar-refractivity contribution < 1.29 is 88.8 Å². The Balaban J connectivity index is 1.85. The van der Waals surface area contributed by atoms with E-state index in [1.807, 2.05) is 6.92 Å². The Bertz CT molecular complexity index is 1060. The molecule has 2 aliphatic rings. The molecule has 0 spiro atoms. The fourth-order valence-corrected chi connectivity index (χ4v) is 6.38. The van der Waals surface area contributed by atoms with E-state index in [1.165, 1.54) is 0 Å². The molecule has 18 heteroatoms. The van der Waals surface area contributed by atoms with Gasteiger partial charge in [0.05, 0.1) is 31.8 Å². The third-order valence-corrected chi connectivity index (χ3v) is 9.50. The van der Waals surface area contributed by atoms with Gasteiger partial charge in [0.15, 0.2) is 24.8 Å². The van der Waals surface area contributed by atoms with Crippen molar-refractivity contribution in [1.82, 2.24) is 0 Å². The number of carboxylic acid groups (broad SMARTS) is 1. The van der Waals surface area contributed by atoms with Crippen LogP contribution in [0.3, 0.4) is 0 Å². The maximum Gasteiger partial charge on any atom is 0.332 e. The number of aliphatic hydroxyl groups is 8. The Morgan fingerprint density at radius 2 is 1.26 bits per heavy atom. The first-order valence-corrected chi connectivity index (χ1v) is 19.2. The maximum atomic E-state index is 12.5. The predicted octanol–water partition coefficient (Wildman–Crippen LogP) is -0.212. The molecule has 9 N–H and O–H groups in total. The molecular weight excluding hydrogens is 720 g/mol. The standard InChI is InChI=1S/C36H64O18/c1-3-14-22(39)17-27(42)53-33-28(43)25(18-37)51-36(31(33)46)54-32-26(20-49-21(2)38)52-35(30(45)29(32)44)50-19-23(40)15-12-10-8-6-4-5-7-9-11-13-16-24(41)34(47)48/h22-26,28-33,35-37,39-41,43-46H,3-20H2,1-2H3,(H,47,48)/t22-,23+,24-,25+,26+,28+,29+,30+,31+,32+,33-,35+,36-/m0/s1. The second-order valence-electron chi connectivity index (χ2n) is 14.2. The van der Waals surface area contributed by atoms with Crippen molar-refractivity contribution >= 4 is 17.9 Å². The Morgan fingerprint density at radius 3 is 1.81 bits per heavy atom. The Kier molecular flexibility index (Phi) is 23.1. The number of hydrogen-bond acceptors (Lipinski definition) is 17. The summed E-state index contributed by atoms with van der Waals surface area (Å²) in [6.45, 7) is 1.42. The van der Waals surface area contributed by atoms with Crippen molar-refractivity contribution in [3.63, 3.8) is 0 Å². The first-order chi connectivity index (χ1) is 25.7. The lowest BCUT2D eigenvalue weighted by atomic mass is 9.96. The van der Waals surface area contributed by atoms with Crippen LogP contribution in [0.4, 0.5) is 0 Å². The summed E-state index contributed by atoms with van der Waals surface area (Å²) in [6, 6.07) is 0. The van der Waals surface area contributed by atoms with Crippen LogP contribution in [0.1, 0.15) is 110 Å². The average Bonchev–Trinajstić information content (AvgIpc) is 3.12. The molecule has 2 aliphatic heterocycles. The fourth-order valence-electron chi connectivity index (χ4n) is 6.38. The van der Waals surface area contributed by atoms with E-state index in [1.54, 1.807) is 0 Å². The number of esters is 2. The molecule has 2 saturated heterocycles. The highest BCUT2D eigenvalue weighted by atomic mass is 16.7. The first-order valence-electron chi connectivity index (χ1n) is 19.2. The minimum absolute atomic E-state index is 0.246. The van der Waals surface area contributed by atoms with Crippen molar-refractivity contribution in [1.29, 1.82) is 0 Å². The summed E-state index contributed by atoms with van der Waals surface area (Å²) in [6.07, 6.45) is -8.94. The molecule has 316 valence electrons. The van der Waals surface area contributed by atoms with Crippen LogP contribution in [0.2, 0.25) is 0 Å². The number of ether oxygens (including phenoxy) is 6. The molecule has 0 aliphatic carbocycles. The van der Waals surface area contributed by atoms with Crippen LogP contribution < -0.4 is 0 Å². The van der Waals surface area contributed by atoms with Crippen molar-refractivity contribution in [2.45, 2.75) is 190 Å². The largest absolute Gasteiger partial charge is 0.479 e. The smallest absolute Gasteiger partial charge is 0.332 e. The van der Waals surface area contributed by atoms with Crippen LogP contribution in [0, 0.1) is 0 Å². The zero-order chi connectivity index (χ0) is 40.2. The number of aliphatic hydroxyl groups excluding tert-OH is 8. The summed E-state index contributed by atoms with van der Waals surface area (Å²) >= 11 is 0. The molecule has 13 atom stereocenters. The van der Waals surface area contributed by atoms with Gasteiger partial charge in [0.2, 0.25) is 0 Å². The third kappa shape index (κ3) is 17.0. The molecule has 2 rings (SSSR count). The zero-order valence-corrected chi connectivity index (χ0v) is 31.4. The SMILES string of the molecule is CCC[C@H](O)CC(=O)O[C@@H]1[C@@H](O)[C@H](O[C@H]2[C@H](O)[C@@H](O)[C@H](OC[C@H](O)CCCCCCCCCCCC[C@H](O)C(=O)O)O[C@@H]2COC(C)=O)O[C@H](CO)[C@H]1O. The van der Waals surface area contributed by atoms with Gasteiger partial charge < -0.3 is 74.4 Å². The van der Waals surface area contributed by atoms with Gasteiger partial charge in [0.25, 0.3) is 0 Å². The quantitative estimate of drug-likeness (QED) is 0.0385. The summed E-state index contributed by atoms with van der Waals surface area (Å²) in [5.74, 6) is -2.82. The second kappa shape index (κ2) is 26.0. The van der Waals surface area contributed by atoms with Crippen molar-refractivity contribution in [3.05, 3.63) is 0 Å². The monoisotopic (exact) mass is 784 g/mol. The number of hydrogen-bond donors (Lipinski definition) is 9. The maximum absolute atomic E-state index is 12.5. The molecule has 0 saturated carbocycles.